The molecule has 2 atom stereocenters. The molecule has 0 spiro atoms. The van der Waals surface area contributed by atoms with Crippen molar-refractivity contribution in [3.8, 4) is 0 Å². The standard InChI is InChI=1S/C14H22ClN3/c1-4-6-13-16-12(15)9-14(17-13)18-10(3)7-8-11(18)5-2/h9-11H,4-8H2,1-3H3. The van der Waals surface area contributed by atoms with Crippen molar-refractivity contribution < 1.29 is 0 Å². The smallest absolute Gasteiger partial charge is 0.134 e. The number of rotatable bonds is 4. The van der Waals surface area contributed by atoms with Crippen molar-refractivity contribution in [2.75, 3.05) is 4.90 Å². The van der Waals surface area contributed by atoms with Crippen LogP contribution < -0.4 is 4.90 Å². The third kappa shape index (κ3) is 2.77. The van der Waals surface area contributed by atoms with Gasteiger partial charge in [-0.15, -0.1) is 0 Å². The van der Waals surface area contributed by atoms with Crippen LogP contribution in [0.25, 0.3) is 0 Å². The fraction of sp³-hybridized carbons (Fsp3) is 0.714. The first kappa shape index (κ1) is 13.6. The summed E-state index contributed by atoms with van der Waals surface area (Å²) >= 11 is 6.13. The summed E-state index contributed by atoms with van der Waals surface area (Å²) in [6.45, 7) is 6.65. The predicted octanol–water partition coefficient (Wildman–Crippen LogP) is 3.85. The Labute approximate surface area is 115 Å². The first-order chi connectivity index (χ1) is 8.65. The Bertz CT molecular complexity index is 408. The molecule has 1 fully saturated rings. The lowest BCUT2D eigenvalue weighted by molar-refractivity contribution is 0.618. The molecule has 1 aromatic heterocycles. The van der Waals surface area contributed by atoms with E-state index in [-0.39, 0.29) is 0 Å². The lowest BCUT2D eigenvalue weighted by atomic mass is 10.1. The van der Waals surface area contributed by atoms with Gasteiger partial charge in [0, 0.05) is 24.6 Å². The number of aryl methyl sites for hydroxylation is 1. The summed E-state index contributed by atoms with van der Waals surface area (Å²) in [6, 6.07) is 3.06. The molecule has 1 aliphatic rings. The SMILES string of the molecule is CCCc1nc(Cl)cc(N2C(C)CCC2CC)n1. The molecule has 1 aromatic rings. The molecule has 1 aliphatic heterocycles. The lowest BCUT2D eigenvalue weighted by Crippen LogP contribution is -2.35. The molecule has 3 nitrogen and oxygen atoms in total. The maximum atomic E-state index is 6.13. The van der Waals surface area contributed by atoms with E-state index >= 15 is 0 Å². The van der Waals surface area contributed by atoms with Crippen LogP contribution in [0.5, 0.6) is 0 Å². The maximum absolute atomic E-state index is 6.13. The topological polar surface area (TPSA) is 29.0 Å². The number of hydrogen-bond donors (Lipinski definition) is 0. The van der Waals surface area contributed by atoms with Crippen LogP contribution in [0.3, 0.4) is 0 Å². The molecule has 100 valence electrons. The van der Waals surface area contributed by atoms with Gasteiger partial charge in [0.15, 0.2) is 0 Å². The summed E-state index contributed by atoms with van der Waals surface area (Å²) in [7, 11) is 0. The number of nitrogens with zero attached hydrogens (tertiary/aromatic N) is 3. The second-order valence-corrected chi connectivity index (χ2v) is 5.50. The Balaban J connectivity index is 2.31. The molecule has 4 heteroatoms. The highest BCUT2D eigenvalue weighted by Crippen LogP contribution is 2.31. The van der Waals surface area contributed by atoms with Crippen LogP contribution in [0.15, 0.2) is 6.07 Å². The minimum Gasteiger partial charge on any atom is -0.351 e. The van der Waals surface area contributed by atoms with E-state index in [1.807, 2.05) is 6.07 Å². The summed E-state index contributed by atoms with van der Waals surface area (Å²) in [4.78, 5) is 11.4. The molecule has 2 unspecified atom stereocenters. The van der Waals surface area contributed by atoms with Crippen LogP contribution in [0.2, 0.25) is 5.15 Å². The van der Waals surface area contributed by atoms with E-state index in [4.69, 9.17) is 11.6 Å². The zero-order valence-electron chi connectivity index (χ0n) is 11.5. The first-order valence-corrected chi connectivity index (χ1v) is 7.35. The Hall–Kier alpha value is -0.830. The van der Waals surface area contributed by atoms with Gasteiger partial charge in [-0.25, -0.2) is 9.97 Å². The van der Waals surface area contributed by atoms with Gasteiger partial charge in [0.2, 0.25) is 0 Å². The van der Waals surface area contributed by atoms with Crippen molar-refractivity contribution in [2.45, 2.75) is 65.0 Å². The molecule has 2 heterocycles. The highest BCUT2D eigenvalue weighted by Gasteiger charge is 2.30. The van der Waals surface area contributed by atoms with E-state index in [1.54, 1.807) is 0 Å². The second kappa shape index (κ2) is 5.87. The normalized spacial score (nSPS) is 23.7. The highest BCUT2D eigenvalue weighted by molar-refractivity contribution is 6.29. The van der Waals surface area contributed by atoms with Gasteiger partial charge in [-0.2, -0.15) is 0 Å². The molecule has 2 rings (SSSR count). The molecule has 0 radical (unpaired) electrons. The van der Waals surface area contributed by atoms with Crippen LogP contribution in [0, 0.1) is 0 Å². The predicted molar refractivity (Wildman–Crippen MR) is 76.3 cm³/mol. The van der Waals surface area contributed by atoms with Crippen LogP contribution in [-0.2, 0) is 6.42 Å². The van der Waals surface area contributed by atoms with E-state index in [0.717, 1.165) is 30.9 Å². The number of hydrogen-bond acceptors (Lipinski definition) is 3. The molecule has 0 saturated carbocycles. The summed E-state index contributed by atoms with van der Waals surface area (Å²) < 4.78 is 0. The molecule has 0 aliphatic carbocycles. The maximum Gasteiger partial charge on any atom is 0.134 e. The Morgan fingerprint density at radius 3 is 2.78 bits per heavy atom. The van der Waals surface area contributed by atoms with Gasteiger partial charge in [0.1, 0.15) is 16.8 Å². The Morgan fingerprint density at radius 2 is 2.11 bits per heavy atom. The third-order valence-corrected chi connectivity index (χ3v) is 3.92. The minimum absolute atomic E-state index is 0.551. The van der Waals surface area contributed by atoms with Gasteiger partial charge in [-0.05, 0) is 32.6 Å². The van der Waals surface area contributed by atoms with Crippen LogP contribution in [-0.4, -0.2) is 22.1 Å². The third-order valence-electron chi connectivity index (χ3n) is 3.72. The average Bonchev–Trinajstić information content (AvgIpc) is 2.70. The summed E-state index contributed by atoms with van der Waals surface area (Å²) in [5, 5.41) is 0.567. The van der Waals surface area contributed by atoms with Crippen LogP contribution in [0.1, 0.15) is 52.3 Å². The summed E-state index contributed by atoms with van der Waals surface area (Å²) in [5.74, 6) is 1.88. The van der Waals surface area contributed by atoms with Gasteiger partial charge in [0.25, 0.3) is 0 Å². The van der Waals surface area contributed by atoms with Crippen molar-refractivity contribution in [1.82, 2.24) is 9.97 Å². The highest BCUT2D eigenvalue weighted by atomic mass is 35.5. The van der Waals surface area contributed by atoms with Crippen LogP contribution in [0.4, 0.5) is 5.82 Å². The lowest BCUT2D eigenvalue weighted by Gasteiger charge is -2.29. The minimum atomic E-state index is 0.551. The zero-order valence-corrected chi connectivity index (χ0v) is 12.2. The molecular formula is C14H22ClN3. The van der Waals surface area contributed by atoms with E-state index in [2.05, 4.69) is 35.6 Å². The van der Waals surface area contributed by atoms with Crippen molar-refractivity contribution in [1.29, 1.82) is 0 Å². The molecule has 0 N–H and O–H groups in total. The molecule has 0 aromatic carbocycles. The monoisotopic (exact) mass is 267 g/mol. The second-order valence-electron chi connectivity index (χ2n) is 5.11. The fourth-order valence-corrected chi connectivity index (χ4v) is 3.00. The largest absolute Gasteiger partial charge is 0.351 e. The summed E-state index contributed by atoms with van der Waals surface area (Å²) in [6.07, 6.45) is 5.60. The zero-order chi connectivity index (χ0) is 13.1. The van der Waals surface area contributed by atoms with Crippen LogP contribution >= 0.6 is 11.6 Å². The molecule has 18 heavy (non-hydrogen) atoms. The number of aromatic nitrogens is 2. The molecule has 1 saturated heterocycles. The van der Waals surface area contributed by atoms with E-state index < -0.39 is 0 Å². The van der Waals surface area contributed by atoms with Gasteiger partial charge < -0.3 is 4.90 Å². The van der Waals surface area contributed by atoms with Gasteiger partial charge in [-0.3, -0.25) is 0 Å². The Kier molecular flexibility index (Phi) is 4.44. The quantitative estimate of drug-likeness (QED) is 0.776. The van der Waals surface area contributed by atoms with Gasteiger partial charge in [-0.1, -0.05) is 25.4 Å². The van der Waals surface area contributed by atoms with Crippen molar-refractivity contribution in [2.24, 2.45) is 0 Å². The average molecular weight is 268 g/mol. The molecular weight excluding hydrogens is 246 g/mol. The van der Waals surface area contributed by atoms with Crippen molar-refractivity contribution in [3.05, 3.63) is 17.0 Å². The summed E-state index contributed by atoms with van der Waals surface area (Å²) in [5.41, 5.74) is 0. The molecule has 0 amide bonds. The first-order valence-electron chi connectivity index (χ1n) is 6.97. The Morgan fingerprint density at radius 1 is 1.33 bits per heavy atom. The fourth-order valence-electron chi connectivity index (χ4n) is 2.80. The van der Waals surface area contributed by atoms with Gasteiger partial charge >= 0.3 is 0 Å². The number of halogens is 1. The van der Waals surface area contributed by atoms with Crippen molar-refractivity contribution in [3.63, 3.8) is 0 Å². The van der Waals surface area contributed by atoms with E-state index in [9.17, 15) is 0 Å². The van der Waals surface area contributed by atoms with Gasteiger partial charge in [0.05, 0.1) is 0 Å². The molecule has 0 bridgehead atoms. The van der Waals surface area contributed by atoms with E-state index in [0.29, 0.717) is 17.2 Å². The number of anilines is 1. The van der Waals surface area contributed by atoms with E-state index in [1.165, 1.54) is 12.8 Å². The van der Waals surface area contributed by atoms with Crippen molar-refractivity contribution >= 4 is 17.4 Å².